The normalized spacial score (nSPS) is 23.1. The summed E-state index contributed by atoms with van der Waals surface area (Å²) in [5.41, 5.74) is 3.73. The molecule has 2 saturated heterocycles. The van der Waals surface area contributed by atoms with E-state index in [4.69, 9.17) is 0 Å². The number of amides is 2. The van der Waals surface area contributed by atoms with Crippen molar-refractivity contribution in [2.45, 2.75) is 44.6 Å². The standard InChI is InChI=1S/C27H33N3O2/c1-20(21-8-3-2-4-9-21)27(32)30-15-7-11-23-18-29(19-25(23)30)26(31)14-17-28-16-13-22-10-5-6-12-24(22)28/h2-6,8-10,12,20,23,25H,7,11,13-19H2,1H3/t20-,23-,25+/m0/s1. The van der Waals surface area contributed by atoms with E-state index in [1.54, 1.807) is 0 Å². The van der Waals surface area contributed by atoms with E-state index >= 15 is 0 Å². The van der Waals surface area contributed by atoms with Crippen molar-refractivity contribution in [2.24, 2.45) is 5.92 Å². The molecule has 2 fully saturated rings. The molecule has 0 aromatic heterocycles. The maximum Gasteiger partial charge on any atom is 0.230 e. The van der Waals surface area contributed by atoms with Gasteiger partial charge in [0.25, 0.3) is 0 Å². The van der Waals surface area contributed by atoms with Gasteiger partial charge in [0.1, 0.15) is 0 Å². The van der Waals surface area contributed by atoms with Gasteiger partial charge in [-0.1, -0.05) is 48.5 Å². The summed E-state index contributed by atoms with van der Waals surface area (Å²) in [4.78, 5) is 32.9. The Morgan fingerprint density at radius 1 is 1.00 bits per heavy atom. The summed E-state index contributed by atoms with van der Waals surface area (Å²) < 4.78 is 0. The van der Waals surface area contributed by atoms with Crippen molar-refractivity contribution in [1.29, 1.82) is 0 Å². The fourth-order valence-corrected chi connectivity index (χ4v) is 5.82. The van der Waals surface area contributed by atoms with Crippen molar-refractivity contribution in [3.63, 3.8) is 0 Å². The monoisotopic (exact) mass is 431 g/mol. The number of fused-ring (bicyclic) bond motifs is 2. The van der Waals surface area contributed by atoms with Crippen LogP contribution in [0.3, 0.4) is 0 Å². The molecular weight excluding hydrogens is 398 g/mol. The summed E-state index contributed by atoms with van der Waals surface area (Å²) in [6.45, 7) is 6.07. The van der Waals surface area contributed by atoms with Crippen LogP contribution >= 0.6 is 0 Å². The number of carbonyl (C=O) groups excluding carboxylic acids is 2. The highest BCUT2D eigenvalue weighted by atomic mass is 16.2. The Kier molecular flexibility index (Phi) is 5.90. The predicted molar refractivity (Wildman–Crippen MR) is 127 cm³/mol. The third kappa shape index (κ3) is 4.01. The second-order valence-electron chi connectivity index (χ2n) is 9.55. The molecule has 5 nitrogen and oxygen atoms in total. The number of hydrogen-bond donors (Lipinski definition) is 0. The molecule has 0 bridgehead atoms. The zero-order valence-electron chi connectivity index (χ0n) is 19.0. The molecule has 5 heteroatoms. The van der Waals surface area contributed by atoms with E-state index in [0.717, 1.165) is 51.0 Å². The van der Waals surface area contributed by atoms with Crippen molar-refractivity contribution in [3.8, 4) is 0 Å². The van der Waals surface area contributed by atoms with Crippen LogP contribution in [0.15, 0.2) is 54.6 Å². The average molecular weight is 432 g/mol. The van der Waals surface area contributed by atoms with Gasteiger partial charge in [0.2, 0.25) is 11.8 Å². The number of piperidine rings is 1. The highest BCUT2D eigenvalue weighted by Crippen LogP contribution is 2.33. The fraction of sp³-hybridized carbons (Fsp3) is 0.481. The minimum Gasteiger partial charge on any atom is -0.370 e. The molecule has 2 aromatic rings. The molecule has 2 aromatic carbocycles. The lowest BCUT2D eigenvalue weighted by Gasteiger charge is -2.38. The molecule has 5 rings (SSSR count). The van der Waals surface area contributed by atoms with Crippen LogP contribution in [0.25, 0.3) is 0 Å². The quantitative estimate of drug-likeness (QED) is 0.725. The van der Waals surface area contributed by atoms with Crippen molar-refractivity contribution in [1.82, 2.24) is 9.80 Å². The van der Waals surface area contributed by atoms with Crippen molar-refractivity contribution < 1.29 is 9.59 Å². The zero-order valence-corrected chi connectivity index (χ0v) is 19.0. The molecule has 168 valence electrons. The number of benzene rings is 2. The van der Waals surface area contributed by atoms with Crippen LogP contribution in [0, 0.1) is 5.92 Å². The van der Waals surface area contributed by atoms with Gasteiger partial charge >= 0.3 is 0 Å². The van der Waals surface area contributed by atoms with Crippen LogP contribution < -0.4 is 4.90 Å². The fourth-order valence-electron chi connectivity index (χ4n) is 5.82. The Labute approximate surface area is 191 Å². The molecule has 3 heterocycles. The van der Waals surface area contributed by atoms with Crippen molar-refractivity contribution in [3.05, 3.63) is 65.7 Å². The lowest BCUT2D eigenvalue weighted by atomic mass is 9.90. The van der Waals surface area contributed by atoms with E-state index in [-0.39, 0.29) is 23.8 Å². The zero-order chi connectivity index (χ0) is 22.1. The van der Waals surface area contributed by atoms with E-state index in [2.05, 4.69) is 34.1 Å². The SMILES string of the molecule is C[C@H](C(=O)N1CCC[C@H]2CN(C(=O)CCN3CCc4ccccc43)C[C@H]21)c1ccccc1. The van der Waals surface area contributed by atoms with Crippen molar-refractivity contribution >= 4 is 17.5 Å². The second-order valence-corrected chi connectivity index (χ2v) is 9.55. The molecular formula is C27H33N3O2. The van der Waals surface area contributed by atoms with Gasteiger partial charge in [-0.3, -0.25) is 9.59 Å². The third-order valence-corrected chi connectivity index (χ3v) is 7.67. The summed E-state index contributed by atoms with van der Waals surface area (Å²) in [7, 11) is 0. The molecule has 0 aliphatic carbocycles. The molecule has 0 radical (unpaired) electrons. The van der Waals surface area contributed by atoms with Crippen molar-refractivity contribution in [2.75, 3.05) is 37.6 Å². The van der Waals surface area contributed by atoms with Gasteiger partial charge in [-0.25, -0.2) is 0 Å². The van der Waals surface area contributed by atoms with Gasteiger partial charge in [-0.05, 0) is 49.3 Å². The van der Waals surface area contributed by atoms with Gasteiger partial charge in [0.05, 0.1) is 12.0 Å². The molecule has 0 saturated carbocycles. The average Bonchev–Trinajstić information content (AvgIpc) is 3.46. The second kappa shape index (κ2) is 8.97. The third-order valence-electron chi connectivity index (χ3n) is 7.67. The van der Waals surface area contributed by atoms with E-state index in [9.17, 15) is 9.59 Å². The maximum atomic E-state index is 13.4. The Balaban J connectivity index is 1.20. The minimum absolute atomic E-state index is 0.144. The molecule has 3 aliphatic heterocycles. The van der Waals surface area contributed by atoms with Crippen LogP contribution in [-0.4, -0.2) is 60.4 Å². The lowest BCUT2D eigenvalue weighted by Crippen LogP contribution is -2.49. The maximum absolute atomic E-state index is 13.4. The Bertz CT molecular complexity index is 976. The molecule has 0 spiro atoms. The first-order valence-corrected chi connectivity index (χ1v) is 12.1. The number of para-hydroxylation sites is 1. The van der Waals surface area contributed by atoms with E-state index in [0.29, 0.717) is 18.9 Å². The van der Waals surface area contributed by atoms with Crippen LogP contribution in [0.5, 0.6) is 0 Å². The minimum atomic E-state index is -0.144. The summed E-state index contributed by atoms with van der Waals surface area (Å²) >= 11 is 0. The number of rotatable bonds is 5. The van der Waals surface area contributed by atoms with Gasteiger partial charge < -0.3 is 14.7 Å². The molecule has 0 unspecified atom stereocenters. The van der Waals surface area contributed by atoms with Gasteiger partial charge in [-0.15, -0.1) is 0 Å². The number of nitrogens with zero attached hydrogens (tertiary/aromatic N) is 3. The number of anilines is 1. The van der Waals surface area contributed by atoms with Gasteiger partial charge in [-0.2, -0.15) is 0 Å². The number of hydrogen-bond acceptors (Lipinski definition) is 3. The Morgan fingerprint density at radius 2 is 1.78 bits per heavy atom. The number of likely N-dealkylation sites (tertiary alicyclic amines) is 2. The highest BCUT2D eigenvalue weighted by Gasteiger charge is 2.43. The van der Waals surface area contributed by atoms with Crippen LogP contribution in [0.2, 0.25) is 0 Å². The first kappa shape index (κ1) is 21.0. The smallest absolute Gasteiger partial charge is 0.230 e. The number of carbonyl (C=O) groups is 2. The summed E-state index contributed by atoms with van der Waals surface area (Å²) in [6, 6.07) is 18.7. The Morgan fingerprint density at radius 3 is 2.62 bits per heavy atom. The molecule has 3 aliphatic rings. The van der Waals surface area contributed by atoms with Gasteiger partial charge in [0, 0.05) is 44.8 Å². The molecule has 32 heavy (non-hydrogen) atoms. The Hall–Kier alpha value is -2.82. The highest BCUT2D eigenvalue weighted by molar-refractivity contribution is 5.84. The molecule has 2 amide bonds. The molecule has 0 N–H and O–H groups in total. The van der Waals surface area contributed by atoms with E-state index in [1.165, 1.54) is 11.3 Å². The summed E-state index contributed by atoms with van der Waals surface area (Å²) in [5, 5.41) is 0. The largest absolute Gasteiger partial charge is 0.370 e. The predicted octanol–water partition coefficient (Wildman–Crippen LogP) is 3.69. The first-order valence-electron chi connectivity index (χ1n) is 12.1. The summed E-state index contributed by atoms with van der Waals surface area (Å²) in [6.07, 6.45) is 3.75. The van der Waals surface area contributed by atoms with Crippen LogP contribution in [0.1, 0.15) is 43.2 Å². The van der Waals surface area contributed by atoms with Crippen LogP contribution in [-0.2, 0) is 16.0 Å². The van der Waals surface area contributed by atoms with E-state index in [1.807, 2.05) is 42.2 Å². The first-order chi connectivity index (χ1) is 15.6. The van der Waals surface area contributed by atoms with E-state index < -0.39 is 0 Å². The topological polar surface area (TPSA) is 43.9 Å². The summed E-state index contributed by atoms with van der Waals surface area (Å²) in [5.74, 6) is 0.697. The molecule has 3 atom stereocenters. The van der Waals surface area contributed by atoms with Gasteiger partial charge in [0.15, 0.2) is 0 Å². The lowest BCUT2D eigenvalue weighted by molar-refractivity contribution is -0.137. The van der Waals surface area contributed by atoms with Crippen LogP contribution in [0.4, 0.5) is 5.69 Å².